The molecule has 0 saturated carbocycles. The molecule has 0 unspecified atom stereocenters. The lowest BCUT2D eigenvalue weighted by Crippen LogP contribution is -1.98. The van der Waals surface area contributed by atoms with Crippen molar-refractivity contribution in [3.8, 4) is 0 Å². The molecule has 13 heavy (non-hydrogen) atoms. The summed E-state index contributed by atoms with van der Waals surface area (Å²) in [7, 11) is 0. The molecule has 0 saturated heterocycles. The van der Waals surface area contributed by atoms with Gasteiger partial charge in [-0.25, -0.2) is 4.98 Å². The van der Waals surface area contributed by atoms with E-state index in [4.69, 9.17) is 5.73 Å². The van der Waals surface area contributed by atoms with Crippen molar-refractivity contribution < 1.29 is 0 Å². The number of aromatic amines is 1. The molecule has 1 rings (SSSR count). The Hall–Kier alpha value is -0.250. The molecule has 0 spiro atoms. The molecule has 3 nitrogen and oxygen atoms in total. The minimum Gasteiger partial charge on any atom is -0.348 e. The molecule has 0 aliphatic rings. The van der Waals surface area contributed by atoms with Crippen LogP contribution in [0.4, 0.5) is 0 Å². The number of hydrogen-bond acceptors (Lipinski definition) is 2. The third kappa shape index (κ3) is 6.87. The Balaban J connectivity index is 0. The maximum Gasteiger partial charge on any atom is 0.0921 e. The SMILES string of the molecule is Cl.Cl.NCCCCCc1cnc[nH]1. The number of hydrogen-bond donors (Lipinski definition) is 2. The van der Waals surface area contributed by atoms with E-state index >= 15 is 0 Å². The van der Waals surface area contributed by atoms with Crippen molar-refractivity contribution in [3.05, 3.63) is 18.2 Å². The van der Waals surface area contributed by atoms with E-state index in [-0.39, 0.29) is 24.8 Å². The molecular weight excluding hydrogens is 209 g/mol. The third-order valence-corrected chi connectivity index (χ3v) is 1.71. The molecule has 0 aromatic carbocycles. The largest absolute Gasteiger partial charge is 0.348 e. The quantitative estimate of drug-likeness (QED) is 0.753. The van der Waals surface area contributed by atoms with Crippen molar-refractivity contribution in [1.29, 1.82) is 0 Å². The predicted molar refractivity (Wildman–Crippen MR) is 59.7 cm³/mol. The number of nitrogens with two attached hydrogens (primary N) is 1. The van der Waals surface area contributed by atoms with Gasteiger partial charge in [0.1, 0.15) is 0 Å². The van der Waals surface area contributed by atoms with Gasteiger partial charge in [0, 0.05) is 11.9 Å². The van der Waals surface area contributed by atoms with E-state index in [1.807, 2.05) is 6.20 Å². The van der Waals surface area contributed by atoms with Gasteiger partial charge in [-0.2, -0.15) is 0 Å². The van der Waals surface area contributed by atoms with Gasteiger partial charge in [0.15, 0.2) is 0 Å². The van der Waals surface area contributed by atoms with Crippen LogP contribution < -0.4 is 5.73 Å². The minimum atomic E-state index is 0. The summed E-state index contributed by atoms with van der Waals surface area (Å²) in [6, 6.07) is 0. The highest BCUT2D eigenvalue weighted by atomic mass is 35.5. The van der Waals surface area contributed by atoms with Gasteiger partial charge in [0.05, 0.1) is 6.33 Å². The molecule has 0 fully saturated rings. The van der Waals surface area contributed by atoms with Crippen LogP contribution in [0.3, 0.4) is 0 Å². The molecule has 0 atom stereocenters. The molecule has 0 amide bonds. The minimum absolute atomic E-state index is 0. The number of aromatic nitrogens is 2. The van der Waals surface area contributed by atoms with Crippen molar-refractivity contribution in [2.45, 2.75) is 25.7 Å². The topological polar surface area (TPSA) is 54.7 Å². The van der Waals surface area contributed by atoms with Gasteiger partial charge < -0.3 is 10.7 Å². The van der Waals surface area contributed by atoms with Gasteiger partial charge in [-0.15, -0.1) is 24.8 Å². The number of halogens is 2. The summed E-state index contributed by atoms with van der Waals surface area (Å²) in [6.07, 6.45) is 8.25. The normalized spacial score (nSPS) is 8.69. The van der Waals surface area contributed by atoms with E-state index in [0.29, 0.717) is 0 Å². The average molecular weight is 226 g/mol. The van der Waals surface area contributed by atoms with E-state index < -0.39 is 0 Å². The van der Waals surface area contributed by atoms with E-state index in [9.17, 15) is 0 Å². The Morgan fingerprint density at radius 2 is 2.00 bits per heavy atom. The number of nitrogens with zero attached hydrogens (tertiary/aromatic N) is 1. The fraction of sp³-hybridized carbons (Fsp3) is 0.625. The second-order valence-corrected chi connectivity index (χ2v) is 2.68. The Morgan fingerprint density at radius 1 is 1.23 bits per heavy atom. The number of H-pyrrole nitrogens is 1. The van der Waals surface area contributed by atoms with Crippen LogP contribution in [0, 0.1) is 0 Å². The van der Waals surface area contributed by atoms with Crippen LogP contribution in [-0.4, -0.2) is 16.5 Å². The van der Waals surface area contributed by atoms with Gasteiger partial charge in [-0.1, -0.05) is 6.42 Å². The summed E-state index contributed by atoms with van der Waals surface area (Å²) in [5.41, 5.74) is 6.59. The average Bonchev–Trinajstić information content (AvgIpc) is 2.50. The number of unbranched alkanes of at least 4 members (excludes halogenated alkanes) is 2. The highest BCUT2D eigenvalue weighted by molar-refractivity contribution is 5.85. The second kappa shape index (κ2) is 9.84. The monoisotopic (exact) mass is 225 g/mol. The highest BCUT2D eigenvalue weighted by Crippen LogP contribution is 2.01. The van der Waals surface area contributed by atoms with Crippen LogP contribution in [0.15, 0.2) is 12.5 Å². The van der Waals surface area contributed by atoms with Crippen LogP contribution in [0.5, 0.6) is 0 Å². The molecule has 1 heterocycles. The first-order valence-electron chi connectivity index (χ1n) is 4.11. The number of aryl methyl sites for hydroxylation is 1. The molecule has 0 aliphatic heterocycles. The van der Waals surface area contributed by atoms with Gasteiger partial charge in [-0.3, -0.25) is 0 Å². The standard InChI is InChI=1S/C8H15N3.2ClH/c9-5-3-1-2-4-8-6-10-7-11-8;;/h6-7H,1-5,9H2,(H,10,11);2*1H. The van der Waals surface area contributed by atoms with Crippen LogP contribution in [0.2, 0.25) is 0 Å². The fourth-order valence-electron chi connectivity index (χ4n) is 1.06. The lowest BCUT2D eigenvalue weighted by Gasteiger charge is -1.95. The maximum atomic E-state index is 5.37. The van der Waals surface area contributed by atoms with Crippen molar-refractivity contribution >= 4 is 24.8 Å². The van der Waals surface area contributed by atoms with Crippen molar-refractivity contribution in [1.82, 2.24) is 9.97 Å². The summed E-state index contributed by atoms with van der Waals surface area (Å²) in [5.74, 6) is 0. The smallest absolute Gasteiger partial charge is 0.0921 e. The first-order chi connectivity index (χ1) is 5.43. The molecule has 1 aromatic rings. The summed E-state index contributed by atoms with van der Waals surface area (Å²) < 4.78 is 0. The summed E-state index contributed by atoms with van der Waals surface area (Å²) in [6.45, 7) is 0.809. The molecule has 5 heteroatoms. The molecule has 1 aromatic heterocycles. The zero-order valence-electron chi connectivity index (χ0n) is 7.53. The summed E-state index contributed by atoms with van der Waals surface area (Å²) in [5, 5.41) is 0. The van der Waals surface area contributed by atoms with Crippen LogP contribution >= 0.6 is 24.8 Å². The molecular formula is C8H17Cl2N3. The second-order valence-electron chi connectivity index (χ2n) is 2.68. The Morgan fingerprint density at radius 3 is 2.54 bits per heavy atom. The predicted octanol–water partition coefficient (Wildman–Crippen LogP) is 1.92. The number of rotatable bonds is 5. The molecule has 0 aliphatic carbocycles. The fourth-order valence-corrected chi connectivity index (χ4v) is 1.06. The Bertz CT molecular complexity index is 178. The van der Waals surface area contributed by atoms with Crippen molar-refractivity contribution in [2.24, 2.45) is 5.73 Å². The molecule has 0 bridgehead atoms. The first-order valence-corrected chi connectivity index (χ1v) is 4.11. The third-order valence-electron chi connectivity index (χ3n) is 1.71. The lowest BCUT2D eigenvalue weighted by atomic mass is 10.1. The first kappa shape index (κ1) is 15.2. The molecule has 78 valence electrons. The van der Waals surface area contributed by atoms with Crippen molar-refractivity contribution in [2.75, 3.05) is 6.54 Å². The molecule has 0 radical (unpaired) electrons. The summed E-state index contributed by atoms with van der Waals surface area (Å²) in [4.78, 5) is 7.01. The molecule has 3 N–H and O–H groups in total. The zero-order chi connectivity index (χ0) is 7.94. The number of nitrogens with one attached hydrogen (secondary N) is 1. The van der Waals surface area contributed by atoms with Crippen LogP contribution in [0.1, 0.15) is 25.0 Å². The van der Waals surface area contributed by atoms with E-state index in [2.05, 4.69) is 9.97 Å². The van der Waals surface area contributed by atoms with E-state index in [0.717, 1.165) is 19.4 Å². The van der Waals surface area contributed by atoms with Crippen LogP contribution in [-0.2, 0) is 6.42 Å². The summed E-state index contributed by atoms with van der Waals surface area (Å²) >= 11 is 0. The maximum absolute atomic E-state index is 5.37. The van der Waals surface area contributed by atoms with Crippen molar-refractivity contribution in [3.63, 3.8) is 0 Å². The van der Waals surface area contributed by atoms with Gasteiger partial charge in [0.25, 0.3) is 0 Å². The van der Waals surface area contributed by atoms with Gasteiger partial charge >= 0.3 is 0 Å². The van der Waals surface area contributed by atoms with E-state index in [1.165, 1.54) is 18.5 Å². The lowest BCUT2D eigenvalue weighted by molar-refractivity contribution is 0.680. The Kier molecular flexibility index (Phi) is 11.5. The Labute approximate surface area is 91.3 Å². The number of imidazole rings is 1. The zero-order valence-corrected chi connectivity index (χ0v) is 9.16. The highest BCUT2D eigenvalue weighted by Gasteiger charge is 1.92. The van der Waals surface area contributed by atoms with Gasteiger partial charge in [-0.05, 0) is 25.8 Å². The van der Waals surface area contributed by atoms with Crippen LogP contribution in [0.25, 0.3) is 0 Å². The van der Waals surface area contributed by atoms with E-state index in [1.54, 1.807) is 6.33 Å². The van der Waals surface area contributed by atoms with Gasteiger partial charge in [0.2, 0.25) is 0 Å².